The van der Waals surface area contributed by atoms with Gasteiger partial charge in [0.15, 0.2) is 0 Å². The molecule has 0 aliphatic rings. The van der Waals surface area contributed by atoms with Gasteiger partial charge in [0.25, 0.3) is 5.91 Å². The maximum atomic E-state index is 13.0. The van der Waals surface area contributed by atoms with Crippen LogP contribution in [-0.4, -0.2) is 45.7 Å². The van der Waals surface area contributed by atoms with Gasteiger partial charge in [-0.05, 0) is 13.1 Å². The molecule has 0 aromatic carbocycles. The molecule has 0 atom stereocenters. The van der Waals surface area contributed by atoms with Crippen LogP contribution < -0.4 is 15.4 Å². The van der Waals surface area contributed by atoms with Gasteiger partial charge in [0.05, 0.1) is 17.5 Å². The molecule has 9 heteroatoms. The molecule has 0 aliphatic heterocycles. The van der Waals surface area contributed by atoms with Gasteiger partial charge in [-0.15, -0.1) is 0 Å². The second kappa shape index (κ2) is 6.43. The van der Waals surface area contributed by atoms with E-state index in [1.54, 1.807) is 7.05 Å². The normalized spacial score (nSPS) is 11.1. The highest BCUT2D eigenvalue weighted by Crippen LogP contribution is 2.12. The molecule has 19 heavy (non-hydrogen) atoms. The molecule has 106 valence electrons. The summed E-state index contributed by atoms with van der Waals surface area (Å²) >= 11 is 0. The van der Waals surface area contributed by atoms with Crippen molar-refractivity contribution >= 4 is 21.7 Å². The van der Waals surface area contributed by atoms with Crippen molar-refractivity contribution < 1.29 is 17.6 Å². The third kappa shape index (κ3) is 4.45. The van der Waals surface area contributed by atoms with Gasteiger partial charge in [-0.1, -0.05) is 0 Å². The van der Waals surface area contributed by atoms with E-state index < -0.39 is 21.7 Å². The van der Waals surface area contributed by atoms with E-state index >= 15 is 0 Å². The molecule has 7 nitrogen and oxygen atoms in total. The summed E-state index contributed by atoms with van der Waals surface area (Å²) in [5.41, 5.74) is 0.0179. The lowest BCUT2D eigenvalue weighted by Crippen LogP contribution is -2.33. The highest BCUT2D eigenvalue weighted by Gasteiger charge is 2.14. The molecular formula is C10H15FN4O3S. The van der Waals surface area contributed by atoms with Crippen molar-refractivity contribution in [2.24, 2.45) is 0 Å². The number of amides is 1. The maximum Gasteiger partial charge on any atom is 0.255 e. The number of hydrogen-bond donors (Lipinski definition) is 3. The molecule has 0 aliphatic carbocycles. The zero-order valence-corrected chi connectivity index (χ0v) is 11.3. The summed E-state index contributed by atoms with van der Waals surface area (Å²) < 4.78 is 37.5. The van der Waals surface area contributed by atoms with Gasteiger partial charge < -0.3 is 10.6 Å². The van der Waals surface area contributed by atoms with E-state index in [9.17, 15) is 17.6 Å². The van der Waals surface area contributed by atoms with Crippen LogP contribution in [0.3, 0.4) is 0 Å². The Morgan fingerprint density at radius 3 is 2.68 bits per heavy atom. The number of nitrogens with zero attached hydrogens (tertiary/aromatic N) is 1. The maximum absolute atomic E-state index is 13.0. The molecular weight excluding hydrogens is 275 g/mol. The molecule has 0 unspecified atom stereocenters. The van der Waals surface area contributed by atoms with Crippen LogP contribution in [-0.2, 0) is 10.0 Å². The van der Waals surface area contributed by atoms with Gasteiger partial charge in [-0.25, -0.2) is 22.5 Å². The molecule has 1 rings (SSSR count). The molecule has 1 amide bonds. The molecule has 0 spiro atoms. The lowest BCUT2D eigenvalue weighted by Gasteiger charge is -2.09. The predicted molar refractivity (Wildman–Crippen MR) is 68.9 cm³/mol. The number of nitrogens with one attached hydrogen (secondary N) is 3. The number of carbonyl (C=O) groups excluding carboxylic acids is 1. The third-order valence-corrected chi connectivity index (χ3v) is 3.67. The zero-order valence-electron chi connectivity index (χ0n) is 10.5. The van der Waals surface area contributed by atoms with Crippen LogP contribution in [0, 0.1) is 5.82 Å². The fraction of sp³-hybridized carbons (Fsp3) is 0.400. The molecule has 1 aromatic heterocycles. The lowest BCUT2D eigenvalue weighted by molar-refractivity contribution is 0.0956. The van der Waals surface area contributed by atoms with Crippen molar-refractivity contribution in [3.05, 3.63) is 23.6 Å². The van der Waals surface area contributed by atoms with Crippen LogP contribution in [0.2, 0.25) is 0 Å². The number of sulfonamides is 1. The van der Waals surface area contributed by atoms with Crippen molar-refractivity contribution in [3.63, 3.8) is 0 Å². The lowest BCUT2D eigenvalue weighted by atomic mass is 10.2. The minimum Gasteiger partial charge on any atom is -0.372 e. The molecule has 0 radical (unpaired) electrons. The molecule has 0 fully saturated rings. The average Bonchev–Trinajstić information content (AvgIpc) is 2.38. The van der Waals surface area contributed by atoms with E-state index in [0.717, 1.165) is 12.3 Å². The Kier molecular flexibility index (Phi) is 5.19. The minimum atomic E-state index is -3.39. The standard InChI is InChI=1S/C10H15FN4O3S/c1-12-9-8(5-7(11)6-15-9)10(16)14-3-4-19(17,18)13-2/h5-6,13H,3-4H2,1-2H3,(H,12,15)(H,14,16). The number of aromatic nitrogens is 1. The van der Waals surface area contributed by atoms with Gasteiger partial charge in [-0.3, -0.25) is 4.79 Å². The molecule has 0 saturated heterocycles. The largest absolute Gasteiger partial charge is 0.372 e. The van der Waals surface area contributed by atoms with E-state index in [0.29, 0.717) is 0 Å². The second-order valence-corrected chi connectivity index (χ2v) is 5.62. The van der Waals surface area contributed by atoms with Gasteiger partial charge in [0.2, 0.25) is 10.0 Å². The molecule has 1 aromatic rings. The zero-order chi connectivity index (χ0) is 14.5. The summed E-state index contributed by atoms with van der Waals surface area (Å²) in [6.45, 7) is -0.0817. The fourth-order valence-corrected chi connectivity index (χ4v) is 1.88. The second-order valence-electron chi connectivity index (χ2n) is 3.58. The van der Waals surface area contributed by atoms with Crippen LogP contribution in [0.15, 0.2) is 12.3 Å². The first-order valence-electron chi connectivity index (χ1n) is 5.42. The third-order valence-electron chi connectivity index (χ3n) is 2.30. The number of anilines is 1. The summed E-state index contributed by atoms with van der Waals surface area (Å²) in [6.07, 6.45) is 0.980. The topological polar surface area (TPSA) is 100 Å². The van der Waals surface area contributed by atoms with E-state index in [1.807, 2.05) is 0 Å². The summed E-state index contributed by atoms with van der Waals surface area (Å²) in [5.74, 6) is -1.28. The Labute approximate surface area is 110 Å². The van der Waals surface area contributed by atoms with Crippen LogP contribution in [0.5, 0.6) is 0 Å². The van der Waals surface area contributed by atoms with Gasteiger partial charge in [0.1, 0.15) is 11.6 Å². The van der Waals surface area contributed by atoms with Crippen molar-refractivity contribution in [1.29, 1.82) is 0 Å². The van der Waals surface area contributed by atoms with Gasteiger partial charge >= 0.3 is 0 Å². The highest BCUT2D eigenvalue weighted by molar-refractivity contribution is 7.89. The number of hydrogen-bond acceptors (Lipinski definition) is 5. The van der Waals surface area contributed by atoms with Crippen LogP contribution in [0.25, 0.3) is 0 Å². The smallest absolute Gasteiger partial charge is 0.255 e. The Hall–Kier alpha value is -1.74. The summed E-state index contributed by atoms with van der Waals surface area (Å²) in [6, 6.07) is 1.03. The van der Waals surface area contributed by atoms with Crippen molar-refractivity contribution in [1.82, 2.24) is 15.0 Å². The Balaban J connectivity index is 2.71. The van der Waals surface area contributed by atoms with Crippen LogP contribution in [0.1, 0.15) is 10.4 Å². The number of carbonyl (C=O) groups is 1. The van der Waals surface area contributed by atoms with Crippen molar-refractivity contribution in [3.8, 4) is 0 Å². The van der Waals surface area contributed by atoms with Gasteiger partial charge in [-0.2, -0.15) is 0 Å². The summed E-state index contributed by atoms with van der Waals surface area (Å²) in [5, 5.41) is 5.04. The summed E-state index contributed by atoms with van der Waals surface area (Å²) in [7, 11) is -0.563. The van der Waals surface area contributed by atoms with Gasteiger partial charge in [0, 0.05) is 13.6 Å². The van der Waals surface area contributed by atoms with E-state index in [2.05, 4.69) is 20.3 Å². The minimum absolute atomic E-state index is 0.0179. The van der Waals surface area contributed by atoms with E-state index in [1.165, 1.54) is 7.05 Å². The highest BCUT2D eigenvalue weighted by atomic mass is 32.2. The van der Waals surface area contributed by atoms with Crippen molar-refractivity contribution in [2.75, 3.05) is 31.7 Å². The Bertz CT molecular complexity index is 562. The number of halogens is 1. The first-order chi connectivity index (χ1) is 8.89. The fourth-order valence-electron chi connectivity index (χ4n) is 1.31. The van der Waals surface area contributed by atoms with Crippen LogP contribution >= 0.6 is 0 Å². The molecule has 0 saturated carbocycles. The van der Waals surface area contributed by atoms with E-state index in [-0.39, 0.29) is 23.7 Å². The SMILES string of the molecule is CNc1ncc(F)cc1C(=O)NCCS(=O)(=O)NC. The first-order valence-corrected chi connectivity index (χ1v) is 7.07. The van der Waals surface area contributed by atoms with Crippen molar-refractivity contribution in [2.45, 2.75) is 0 Å². The Morgan fingerprint density at radius 2 is 2.11 bits per heavy atom. The predicted octanol–water partition coefficient (Wildman–Crippen LogP) is -0.459. The molecule has 3 N–H and O–H groups in total. The monoisotopic (exact) mass is 290 g/mol. The quantitative estimate of drug-likeness (QED) is 0.658. The van der Waals surface area contributed by atoms with E-state index in [4.69, 9.17) is 0 Å². The first kappa shape index (κ1) is 15.3. The molecule has 1 heterocycles. The van der Waals surface area contributed by atoms with Crippen LogP contribution in [0.4, 0.5) is 10.2 Å². The Morgan fingerprint density at radius 1 is 1.42 bits per heavy atom. The molecule has 0 bridgehead atoms. The number of rotatable bonds is 6. The average molecular weight is 290 g/mol. The number of pyridine rings is 1. The summed E-state index contributed by atoms with van der Waals surface area (Å²) in [4.78, 5) is 15.5.